The van der Waals surface area contributed by atoms with Crippen LogP contribution in [0.25, 0.3) is 10.8 Å². The van der Waals surface area contributed by atoms with E-state index in [1.165, 1.54) is 0 Å². The molecule has 3 nitrogen and oxygen atoms in total. The van der Waals surface area contributed by atoms with Crippen molar-refractivity contribution in [2.45, 2.75) is 12.8 Å². The predicted octanol–water partition coefficient (Wildman–Crippen LogP) is 2.73. The highest BCUT2D eigenvalue weighted by molar-refractivity contribution is 5.91. The van der Waals surface area contributed by atoms with Gasteiger partial charge in [0, 0.05) is 0 Å². The minimum atomic E-state index is -0.865. The molecule has 16 heavy (non-hydrogen) atoms. The number of aliphatic carboxylic acids is 1. The highest BCUT2D eigenvalue weighted by Crippen LogP contribution is 2.28. The maximum absolute atomic E-state index is 11.0. The topological polar surface area (TPSA) is 57.5 Å². The predicted molar refractivity (Wildman–Crippen MR) is 61.7 cm³/mol. The van der Waals surface area contributed by atoms with Gasteiger partial charge in [0.05, 0.1) is 5.92 Å². The zero-order valence-electron chi connectivity index (χ0n) is 8.84. The molecule has 2 aromatic rings. The van der Waals surface area contributed by atoms with Gasteiger partial charge in [0.1, 0.15) is 5.75 Å². The Morgan fingerprint density at radius 1 is 1.25 bits per heavy atom. The van der Waals surface area contributed by atoms with Gasteiger partial charge in [-0.2, -0.15) is 0 Å². The Labute approximate surface area is 93.0 Å². The Hall–Kier alpha value is -2.03. The average molecular weight is 216 g/mol. The van der Waals surface area contributed by atoms with Gasteiger partial charge < -0.3 is 10.2 Å². The quantitative estimate of drug-likeness (QED) is 0.811. The summed E-state index contributed by atoms with van der Waals surface area (Å²) in [7, 11) is 0. The average Bonchev–Trinajstić information content (AvgIpc) is 2.27. The molecule has 0 spiro atoms. The molecule has 0 unspecified atom stereocenters. The first kappa shape index (κ1) is 10.5. The van der Waals surface area contributed by atoms with E-state index in [-0.39, 0.29) is 5.75 Å². The van der Waals surface area contributed by atoms with Crippen molar-refractivity contribution in [1.82, 2.24) is 0 Å². The summed E-state index contributed by atoms with van der Waals surface area (Å²) in [4.78, 5) is 11.0. The highest BCUT2D eigenvalue weighted by Gasteiger charge is 2.16. The standard InChI is InChI=1S/C13H12O3/c1-8(13(15)16)11-4-2-3-9-5-6-10(14)7-12(9)11/h2-8,14H,1H3,(H,15,16)/t8-/m1/s1. The third-order valence-electron chi connectivity index (χ3n) is 2.74. The van der Waals surface area contributed by atoms with Crippen LogP contribution in [0.1, 0.15) is 18.4 Å². The molecule has 0 aliphatic carbocycles. The van der Waals surface area contributed by atoms with Crippen LogP contribution < -0.4 is 0 Å². The lowest BCUT2D eigenvalue weighted by Gasteiger charge is -2.10. The first-order valence-electron chi connectivity index (χ1n) is 5.04. The molecule has 0 aromatic heterocycles. The van der Waals surface area contributed by atoms with Gasteiger partial charge in [-0.05, 0) is 35.4 Å². The van der Waals surface area contributed by atoms with E-state index in [2.05, 4.69) is 0 Å². The maximum atomic E-state index is 11.0. The summed E-state index contributed by atoms with van der Waals surface area (Å²) in [5, 5.41) is 20.2. The summed E-state index contributed by atoms with van der Waals surface area (Å²) >= 11 is 0. The molecule has 0 saturated heterocycles. The molecule has 3 heteroatoms. The first-order chi connectivity index (χ1) is 7.59. The van der Waals surface area contributed by atoms with Crippen LogP contribution in [0.5, 0.6) is 5.75 Å². The maximum Gasteiger partial charge on any atom is 0.310 e. The molecule has 1 atom stereocenters. The summed E-state index contributed by atoms with van der Waals surface area (Å²) in [6.07, 6.45) is 0. The number of fused-ring (bicyclic) bond motifs is 1. The van der Waals surface area contributed by atoms with Crippen molar-refractivity contribution in [3.05, 3.63) is 42.0 Å². The molecule has 0 fully saturated rings. The van der Waals surface area contributed by atoms with E-state index in [0.717, 1.165) is 16.3 Å². The van der Waals surface area contributed by atoms with Gasteiger partial charge in [0.2, 0.25) is 0 Å². The van der Waals surface area contributed by atoms with Gasteiger partial charge in [-0.15, -0.1) is 0 Å². The summed E-state index contributed by atoms with van der Waals surface area (Å²) in [5.41, 5.74) is 0.723. The summed E-state index contributed by atoms with van der Waals surface area (Å²) in [6.45, 7) is 1.64. The molecule has 0 aliphatic rings. The van der Waals surface area contributed by atoms with Crippen LogP contribution >= 0.6 is 0 Å². The van der Waals surface area contributed by atoms with Crippen molar-refractivity contribution in [2.75, 3.05) is 0 Å². The number of hydrogen-bond donors (Lipinski definition) is 2. The van der Waals surface area contributed by atoms with E-state index >= 15 is 0 Å². The number of benzene rings is 2. The molecule has 2 aromatic carbocycles. The van der Waals surface area contributed by atoms with Gasteiger partial charge in [-0.3, -0.25) is 4.79 Å². The van der Waals surface area contributed by atoms with Crippen LogP contribution in [0.3, 0.4) is 0 Å². The fourth-order valence-electron chi connectivity index (χ4n) is 1.80. The number of hydrogen-bond acceptors (Lipinski definition) is 2. The van der Waals surface area contributed by atoms with E-state index in [0.29, 0.717) is 0 Å². The molecule has 0 heterocycles. The van der Waals surface area contributed by atoms with E-state index in [1.54, 1.807) is 31.2 Å². The first-order valence-corrected chi connectivity index (χ1v) is 5.04. The van der Waals surface area contributed by atoms with Crippen molar-refractivity contribution in [2.24, 2.45) is 0 Å². The number of carbonyl (C=O) groups is 1. The SMILES string of the molecule is C[C@@H](C(=O)O)c1cccc2ccc(O)cc12. The summed E-state index contributed by atoms with van der Waals surface area (Å²) in [5.74, 6) is -1.29. The second kappa shape index (κ2) is 3.85. The van der Waals surface area contributed by atoms with Crippen LogP contribution in [0.2, 0.25) is 0 Å². The fraction of sp³-hybridized carbons (Fsp3) is 0.154. The fourth-order valence-corrected chi connectivity index (χ4v) is 1.80. The van der Waals surface area contributed by atoms with Gasteiger partial charge >= 0.3 is 5.97 Å². The second-order valence-electron chi connectivity index (χ2n) is 3.81. The lowest BCUT2D eigenvalue weighted by Crippen LogP contribution is -2.07. The zero-order chi connectivity index (χ0) is 11.7. The molecule has 0 bridgehead atoms. The number of phenols is 1. The molecule has 0 amide bonds. The van der Waals surface area contributed by atoms with Crippen molar-refractivity contribution >= 4 is 16.7 Å². The van der Waals surface area contributed by atoms with Crippen molar-refractivity contribution in [3.8, 4) is 5.75 Å². The normalized spacial score (nSPS) is 12.6. The molecule has 2 rings (SSSR count). The Morgan fingerprint density at radius 2 is 2.00 bits per heavy atom. The van der Waals surface area contributed by atoms with Crippen molar-refractivity contribution in [3.63, 3.8) is 0 Å². The van der Waals surface area contributed by atoms with Gasteiger partial charge in [-0.25, -0.2) is 0 Å². The smallest absolute Gasteiger partial charge is 0.310 e. The van der Waals surface area contributed by atoms with Gasteiger partial charge in [-0.1, -0.05) is 24.3 Å². The van der Waals surface area contributed by atoms with E-state index in [1.807, 2.05) is 12.1 Å². The van der Waals surface area contributed by atoms with Crippen LogP contribution in [-0.2, 0) is 4.79 Å². The van der Waals surface area contributed by atoms with Crippen LogP contribution in [0, 0.1) is 0 Å². The molecule has 0 radical (unpaired) electrons. The molecule has 0 aliphatic heterocycles. The van der Waals surface area contributed by atoms with Crippen molar-refractivity contribution < 1.29 is 15.0 Å². The highest BCUT2D eigenvalue weighted by atomic mass is 16.4. The van der Waals surface area contributed by atoms with E-state index in [9.17, 15) is 9.90 Å². The minimum Gasteiger partial charge on any atom is -0.508 e. The Balaban J connectivity index is 2.69. The van der Waals surface area contributed by atoms with Crippen LogP contribution in [0.15, 0.2) is 36.4 Å². The van der Waals surface area contributed by atoms with E-state index in [4.69, 9.17) is 5.11 Å². The molecular weight excluding hydrogens is 204 g/mol. The third-order valence-corrected chi connectivity index (χ3v) is 2.74. The number of phenolic OH excluding ortho intramolecular Hbond substituents is 1. The van der Waals surface area contributed by atoms with Gasteiger partial charge in [0.25, 0.3) is 0 Å². The lowest BCUT2D eigenvalue weighted by molar-refractivity contribution is -0.138. The molecule has 82 valence electrons. The van der Waals surface area contributed by atoms with Crippen molar-refractivity contribution in [1.29, 1.82) is 0 Å². The number of rotatable bonds is 2. The minimum absolute atomic E-state index is 0.150. The number of aromatic hydroxyl groups is 1. The molecular formula is C13H12O3. The Kier molecular flexibility index (Phi) is 2.52. The zero-order valence-corrected chi connectivity index (χ0v) is 8.84. The van der Waals surface area contributed by atoms with Crippen LogP contribution in [-0.4, -0.2) is 16.2 Å². The Morgan fingerprint density at radius 3 is 2.69 bits per heavy atom. The monoisotopic (exact) mass is 216 g/mol. The third kappa shape index (κ3) is 1.72. The Bertz CT molecular complexity index is 546. The van der Waals surface area contributed by atoms with Gasteiger partial charge in [0.15, 0.2) is 0 Å². The summed E-state index contributed by atoms with van der Waals surface area (Å²) < 4.78 is 0. The number of carboxylic acids is 1. The summed E-state index contributed by atoms with van der Waals surface area (Å²) in [6, 6.07) is 10.5. The number of carboxylic acid groups (broad SMARTS) is 1. The molecule has 2 N–H and O–H groups in total. The van der Waals surface area contributed by atoms with E-state index < -0.39 is 11.9 Å². The van der Waals surface area contributed by atoms with Crippen LogP contribution in [0.4, 0.5) is 0 Å². The second-order valence-corrected chi connectivity index (χ2v) is 3.81. The molecule has 0 saturated carbocycles. The lowest BCUT2D eigenvalue weighted by atomic mass is 9.95. The largest absolute Gasteiger partial charge is 0.508 e.